The van der Waals surface area contributed by atoms with Crippen molar-refractivity contribution in [2.24, 2.45) is 5.92 Å². The number of carbonyl (C=O) groups excluding carboxylic acids is 2. The Kier molecular flexibility index (Phi) is 7.84. The van der Waals surface area contributed by atoms with Crippen LogP contribution in [0.25, 0.3) is 0 Å². The SMILES string of the molecule is CC(C)C[C@H](N[13C](=O)[13CH2]N[13C](=O)[13c]1[13cH][13c](Cl)[13cH][13cH][13c]1Cl)B(O)O. The summed E-state index contributed by atoms with van der Waals surface area (Å²) < 4.78 is 0. The van der Waals surface area contributed by atoms with Crippen molar-refractivity contribution in [3.63, 3.8) is 0 Å². The molecule has 6 nitrogen and oxygen atoms in total. The summed E-state index contributed by atoms with van der Waals surface area (Å²) in [6.07, 6.45) is 0.400. The summed E-state index contributed by atoms with van der Waals surface area (Å²) in [4.78, 5) is 23.8. The first-order valence-electron chi connectivity index (χ1n) is 7.09. The summed E-state index contributed by atoms with van der Waals surface area (Å²) in [6.45, 7) is 3.47. The smallest absolute Gasteiger partial charge is 0.426 e. The molecule has 0 fully saturated rings. The first kappa shape index (κ1) is 19.8. The minimum atomic E-state index is -1.67. The van der Waals surface area contributed by atoms with Crippen molar-refractivity contribution >= 4 is 42.1 Å². The van der Waals surface area contributed by atoms with Crippen LogP contribution in [-0.4, -0.2) is 41.5 Å². The van der Waals surface area contributed by atoms with Crippen molar-refractivity contribution in [1.82, 2.24) is 10.6 Å². The molecule has 2 amide bonds. The lowest BCUT2D eigenvalue weighted by Gasteiger charge is -2.19. The van der Waals surface area contributed by atoms with Gasteiger partial charge in [-0.15, -0.1) is 0 Å². The monoisotopic (exact) mass is 369 g/mol. The van der Waals surface area contributed by atoms with Gasteiger partial charge in [0.2, 0.25) is 5.91 Å². The fourth-order valence-electron chi connectivity index (χ4n) is 1.95. The van der Waals surface area contributed by atoms with Gasteiger partial charge in [0.1, 0.15) is 0 Å². The Morgan fingerprint density at radius 1 is 1.26 bits per heavy atom. The second-order valence-corrected chi connectivity index (χ2v) is 6.37. The molecule has 0 aliphatic heterocycles. The van der Waals surface area contributed by atoms with Gasteiger partial charge in [-0.1, -0.05) is 37.0 Å². The van der Waals surface area contributed by atoms with E-state index in [0.717, 1.165) is 0 Å². The molecule has 0 radical (unpaired) electrons. The molecule has 9 heteroatoms. The molecule has 23 heavy (non-hydrogen) atoms. The van der Waals surface area contributed by atoms with Crippen LogP contribution in [0.4, 0.5) is 0 Å². The summed E-state index contributed by atoms with van der Waals surface area (Å²) in [5, 5.41) is 24.0. The minimum Gasteiger partial charge on any atom is -0.426 e. The number of rotatable bonds is 7. The number of hydrogen-bond acceptors (Lipinski definition) is 4. The highest BCUT2D eigenvalue weighted by atomic mass is 35.5. The van der Waals surface area contributed by atoms with Crippen LogP contribution < -0.4 is 10.6 Å². The zero-order valence-corrected chi connectivity index (χ0v) is 14.4. The van der Waals surface area contributed by atoms with Crippen molar-refractivity contribution < 1.29 is 19.6 Å². The molecule has 0 aliphatic carbocycles. The van der Waals surface area contributed by atoms with Gasteiger partial charge in [0.15, 0.2) is 0 Å². The average molecular weight is 370 g/mol. The Morgan fingerprint density at radius 3 is 2.48 bits per heavy atom. The molecular formula is C14H19BCl2N2O4. The van der Waals surface area contributed by atoms with E-state index in [4.69, 9.17) is 23.2 Å². The quantitative estimate of drug-likeness (QED) is 0.429. The van der Waals surface area contributed by atoms with Gasteiger partial charge in [0.05, 0.1) is 23.1 Å². The fourth-order valence-corrected chi connectivity index (χ4v) is 2.32. The van der Waals surface area contributed by atoms with Gasteiger partial charge < -0.3 is 20.7 Å². The molecule has 0 aromatic heterocycles. The number of halogens is 2. The molecule has 1 aromatic rings. The lowest BCUT2D eigenvalue weighted by Crippen LogP contribution is -2.50. The lowest BCUT2D eigenvalue weighted by atomic mass is 9.75. The van der Waals surface area contributed by atoms with E-state index in [-0.39, 0.29) is 23.0 Å². The van der Waals surface area contributed by atoms with Crippen molar-refractivity contribution in [2.45, 2.75) is 26.2 Å². The second-order valence-electron chi connectivity index (χ2n) is 5.52. The molecule has 126 valence electrons. The summed E-state index contributed by atoms with van der Waals surface area (Å²) in [6, 6.07) is 4.43. The highest BCUT2D eigenvalue weighted by Gasteiger charge is 2.26. The third-order valence-electron chi connectivity index (χ3n) is 3.01. The molecule has 0 saturated heterocycles. The van der Waals surface area contributed by atoms with E-state index in [1.165, 1.54) is 12.1 Å². The Morgan fingerprint density at radius 2 is 1.91 bits per heavy atom. The molecule has 0 saturated carbocycles. The van der Waals surface area contributed by atoms with Crippen LogP contribution in [0.1, 0.15) is 30.6 Å². The maximum atomic E-state index is 12.0. The molecule has 1 atom stereocenters. The molecular weight excluding hydrogens is 351 g/mol. The van der Waals surface area contributed by atoms with Crippen LogP contribution in [0.5, 0.6) is 0 Å². The summed E-state index contributed by atoms with van der Waals surface area (Å²) in [7, 11) is -1.67. The molecule has 0 bridgehead atoms. The summed E-state index contributed by atoms with van der Waals surface area (Å²) in [5.41, 5.74) is 0.160. The number of amides is 2. The van der Waals surface area contributed by atoms with Crippen LogP contribution in [0.15, 0.2) is 18.2 Å². The van der Waals surface area contributed by atoms with Crippen LogP contribution in [0.2, 0.25) is 10.0 Å². The van der Waals surface area contributed by atoms with Crippen LogP contribution in [0, 0.1) is 5.92 Å². The predicted octanol–water partition coefficient (Wildman–Crippen LogP) is 1.27. The van der Waals surface area contributed by atoms with E-state index in [9.17, 15) is 19.6 Å². The van der Waals surface area contributed by atoms with Gasteiger partial charge in [0, 0.05) is 5.02 Å². The van der Waals surface area contributed by atoms with Gasteiger partial charge >= 0.3 is 7.12 Å². The topological polar surface area (TPSA) is 98.7 Å². The van der Waals surface area contributed by atoms with E-state index in [1.807, 2.05) is 13.8 Å². The van der Waals surface area contributed by atoms with Gasteiger partial charge in [-0.3, -0.25) is 9.59 Å². The maximum absolute atomic E-state index is 12.0. The van der Waals surface area contributed by atoms with Gasteiger partial charge in [-0.05, 0) is 30.5 Å². The van der Waals surface area contributed by atoms with Crippen molar-refractivity contribution in [3.8, 4) is 0 Å². The van der Waals surface area contributed by atoms with E-state index >= 15 is 0 Å². The number of nitrogens with one attached hydrogen (secondary N) is 2. The average Bonchev–Trinajstić information content (AvgIpc) is 2.46. The van der Waals surface area contributed by atoms with E-state index < -0.39 is 24.9 Å². The molecule has 1 aromatic carbocycles. The normalized spacial score (nSPS) is 12.0. The predicted molar refractivity (Wildman–Crippen MR) is 90.4 cm³/mol. The minimum absolute atomic E-state index is 0.160. The van der Waals surface area contributed by atoms with Gasteiger partial charge in [0.25, 0.3) is 5.91 Å². The summed E-state index contributed by atoms with van der Waals surface area (Å²) >= 11 is 11.7. The molecule has 0 heterocycles. The summed E-state index contributed by atoms with van der Waals surface area (Å²) in [5.74, 6) is -1.70. The first-order valence-corrected chi connectivity index (χ1v) is 7.85. The zero-order valence-electron chi connectivity index (χ0n) is 12.8. The third-order valence-corrected chi connectivity index (χ3v) is 3.58. The van der Waals surface area contributed by atoms with Crippen LogP contribution in [0.3, 0.4) is 0 Å². The molecule has 4 N–H and O–H groups in total. The maximum Gasteiger partial charge on any atom is 0.475 e. The van der Waals surface area contributed by atoms with E-state index in [0.29, 0.717) is 11.4 Å². The molecule has 0 spiro atoms. The molecule has 0 aliphatic rings. The largest absolute Gasteiger partial charge is 0.475 e. The van der Waals surface area contributed by atoms with Crippen molar-refractivity contribution in [1.29, 1.82) is 0 Å². The highest BCUT2D eigenvalue weighted by molar-refractivity contribution is 6.43. The van der Waals surface area contributed by atoms with Crippen LogP contribution >= 0.6 is 23.2 Å². The molecule has 1 rings (SSSR count). The van der Waals surface area contributed by atoms with Crippen molar-refractivity contribution in [3.05, 3.63) is 33.8 Å². The Labute approximate surface area is 145 Å². The van der Waals surface area contributed by atoms with Gasteiger partial charge in [-0.25, -0.2) is 0 Å². The van der Waals surface area contributed by atoms with Gasteiger partial charge in [-0.2, -0.15) is 0 Å². The van der Waals surface area contributed by atoms with Crippen molar-refractivity contribution in [2.75, 3.05) is 6.54 Å². The third kappa shape index (κ3) is 6.79. The standard InChI is InChI=1S/C14H19BCl2N2O4/c1-8(2)5-12(15(22)23)19-13(20)7-18-14(21)10-6-9(16)3-4-11(10)17/h3-4,6,8,12,22-23H,5,7H2,1-2H3,(H,18,21)(H,19,20)/t12-/m0/s1/i3+1,4+1,6+1,7+1,9+1,10+1,11+1,13+1,14+1. The number of benzene rings is 1. The zero-order chi connectivity index (χ0) is 17.6. The lowest BCUT2D eigenvalue weighted by molar-refractivity contribution is -0.120. The Balaban J connectivity index is 2.58. The fraction of sp³-hybridized carbons (Fsp3) is 0.429. The van der Waals surface area contributed by atoms with Crippen LogP contribution in [-0.2, 0) is 4.79 Å². The van der Waals surface area contributed by atoms with E-state index in [2.05, 4.69) is 10.6 Å². The Bertz CT molecular complexity index is 570. The number of hydrogen-bond donors (Lipinski definition) is 4. The molecule has 0 unspecified atom stereocenters. The Hall–Kier alpha value is -1.28. The first-order chi connectivity index (χ1) is 10.7. The highest BCUT2D eigenvalue weighted by Crippen LogP contribution is 2.20. The second kappa shape index (κ2) is 9.13. The van der Waals surface area contributed by atoms with E-state index in [1.54, 1.807) is 6.07 Å². The number of carbonyl (C=O) groups is 2.